The van der Waals surface area contributed by atoms with E-state index in [-0.39, 0.29) is 23.1 Å². The summed E-state index contributed by atoms with van der Waals surface area (Å²) in [6.45, 7) is 1.73. The maximum atomic E-state index is 13.4. The molecule has 9 heteroatoms. The molecular weight excluding hydrogens is 435 g/mol. The lowest BCUT2D eigenvalue weighted by molar-refractivity contribution is -0.124. The summed E-state index contributed by atoms with van der Waals surface area (Å²) in [5.74, 6) is -0.944. The predicted molar refractivity (Wildman–Crippen MR) is 120 cm³/mol. The minimum Gasteiger partial charge on any atom is -0.349 e. The summed E-state index contributed by atoms with van der Waals surface area (Å²) >= 11 is 6.12. The van der Waals surface area contributed by atoms with Crippen LogP contribution in [0.15, 0.2) is 76.4 Å². The van der Waals surface area contributed by atoms with Gasteiger partial charge in [-0.05, 0) is 61.5 Å². The van der Waals surface area contributed by atoms with Crippen molar-refractivity contribution in [3.63, 3.8) is 0 Å². The lowest BCUT2D eigenvalue weighted by Crippen LogP contribution is -2.43. The molecule has 1 amide bonds. The fourth-order valence-corrected chi connectivity index (χ4v) is 3.61. The molecule has 0 aliphatic heterocycles. The Morgan fingerprint density at radius 3 is 2.56 bits per heavy atom. The largest absolute Gasteiger partial charge is 0.349 e. The number of halogens is 2. The van der Waals surface area contributed by atoms with Gasteiger partial charge in [0.1, 0.15) is 11.9 Å². The second-order valence-electron chi connectivity index (χ2n) is 7.15. The van der Waals surface area contributed by atoms with Gasteiger partial charge in [-0.2, -0.15) is 0 Å². The van der Waals surface area contributed by atoms with Crippen LogP contribution in [-0.2, 0) is 11.3 Å². The zero-order chi connectivity index (χ0) is 22.8. The van der Waals surface area contributed by atoms with Crippen molar-refractivity contribution in [2.75, 3.05) is 0 Å². The maximum absolute atomic E-state index is 13.4. The summed E-state index contributed by atoms with van der Waals surface area (Å²) in [5, 5.41) is 3.26. The van der Waals surface area contributed by atoms with Crippen molar-refractivity contribution in [3.8, 4) is 5.69 Å². The van der Waals surface area contributed by atoms with Gasteiger partial charge in [-0.25, -0.2) is 13.8 Å². The second-order valence-corrected chi connectivity index (χ2v) is 7.58. The average molecular weight is 453 g/mol. The number of aromatic nitrogens is 3. The Morgan fingerprint density at radius 1 is 1.12 bits per heavy atom. The zero-order valence-electron chi connectivity index (χ0n) is 17.0. The maximum Gasteiger partial charge on any atom is 0.336 e. The van der Waals surface area contributed by atoms with Gasteiger partial charge in [0.15, 0.2) is 0 Å². The zero-order valence-corrected chi connectivity index (χ0v) is 17.7. The Balaban J connectivity index is 1.84. The molecule has 2 aromatic heterocycles. The van der Waals surface area contributed by atoms with Crippen molar-refractivity contribution in [3.05, 3.63) is 104 Å². The van der Waals surface area contributed by atoms with E-state index in [1.807, 2.05) is 0 Å². The molecule has 0 aliphatic carbocycles. The molecule has 1 atom stereocenters. The molecule has 0 saturated heterocycles. The number of carbonyl (C=O) groups excluding carboxylic acids is 1. The van der Waals surface area contributed by atoms with E-state index in [4.69, 9.17) is 11.6 Å². The van der Waals surface area contributed by atoms with Crippen LogP contribution in [0.4, 0.5) is 4.39 Å². The predicted octanol–water partition coefficient (Wildman–Crippen LogP) is 3.22. The highest BCUT2D eigenvalue weighted by molar-refractivity contribution is 6.31. The molecule has 0 aliphatic rings. The Bertz CT molecular complexity index is 1420. The molecule has 32 heavy (non-hydrogen) atoms. The van der Waals surface area contributed by atoms with E-state index < -0.39 is 29.0 Å². The van der Waals surface area contributed by atoms with Crippen molar-refractivity contribution in [2.45, 2.75) is 19.5 Å². The van der Waals surface area contributed by atoms with Crippen LogP contribution in [0.1, 0.15) is 18.7 Å². The van der Waals surface area contributed by atoms with Crippen LogP contribution in [-0.4, -0.2) is 20.0 Å². The number of rotatable bonds is 5. The molecule has 4 aromatic rings. The molecule has 0 saturated carbocycles. The molecule has 162 valence electrons. The van der Waals surface area contributed by atoms with Crippen LogP contribution in [0, 0.1) is 5.82 Å². The van der Waals surface area contributed by atoms with E-state index in [0.29, 0.717) is 10.7 Å². The van der Waals surface area contributed by atoms with Crippen molar-refractivity contribution in [1.82, 2.24) is 19.4 Å². The highest BCUT2D eigenvalue weighted by Crippen LogP contribution is 2.19. The van der Waals surface area contributed by atoms with Gasteiger partial charge in [0, 0.05) is 11.2 Å². The van der Waals surface area contributed by atoms with Crippen LogP contribution in [0.3, 0.4) is 0 Å². The molecule has 1 N–H and O–H groups in total. The first-order chi connectivity index (χ1) is 15.4. The van der Waals surface area contributed by atoms with Crippen LogP contribution in [0.2, 0.25) is 5.02 Å². The average Bonchev–Trinajstić information content (AvgIpc) is 2.79. The van der Waals surface area contributed by atoms with E-state index in [1.54, 1.807) is 31.3 Å². The Morgan fingerprint density at radius 2 is 1.88 bits per heavy atom. The van der Waals surface area contributed by atoms with E-state index in [9.17, 15) is 18.8 Å². The number of nitrogens with zero attached hydrogens (tertiary/aromatic N) is 3. The highest BCUT2D eigenvalue weighted by Gasteiger charge is 2.23. The minimum atomic E-state index is -0.973. The van der Waals surface area contributed by atoms with Gasteiger partial charge >= 0.3 is 5.69 Å². The fraction of sp³-hybridized carbons (Fsp3) is 0.130. The van der Waals surface area contributed by atoms with Crippen LogP contribution >= 0.6 is 11.6 Å². The third-order valence-electron chi connectivity index (χ3n) is 5.07. The first-order valence-electron chi connectivity index (χ1n) is 9.77. The van der Waals surface area contributed by atoms with E-state index in [1.165, 1.54) is 34.9 Å². The highest BCUT2D eigenvalue weighted by atomic mass is 35.5. The molecule has 0 fully saturated rings. The number of pyridine rings is 1. The third-order valence-corrected chi connectivity index (χ3v) is 5.31. The van der Waals surface area contributed by atoms with E-state index in [2.05, 4.69) is 10.3 Å². The molecule has 2 heterocycles. The van der Waals surface area contributed by atoms with Gasteiger partial charge in [-0.15, -0.1) is 0 Å². The van der Waals surface area contributed by atoms with Gasteiger partial charge in [0.2, 0.25) is 5.91 Å². The van der Waals surface area contributed by atoms with Gasteiger partial charge in [0.05, 0.1) is 28.8 Å². The van der Waals surface area contributed by atoms with Crippen molar-refractivity contribution in [1.29, 1.82) is 0 Å². The van der Waals surface area contributed by atoms with E-state index >= 15 is 0 Å². The monoisotopic (exact) mass is 452 g/mol. The number of nitrogens with one attached hydrogen (secondary N) is 1. The van der Waals surface area contributed by atoms with Crippen molar-refractivity contribution < 1.29 is 9.18 Å². The van der Waals surface area contributed by atoms with Crippen molar-refractivity contribution >= 4 is 28.4 Å². The molecule has 2 aromatic carbocycles. The Kier molecular flexibility index (Phi) is 5.87. The molecular formula is C23H18ClFN4O3. The summed E-state index contributed by atoms with van der Waals surface area (Å²) in [4.78, 5) is 43.6. The van der Waals surface area contributed by atoms with Gasteiger partial charge < -0.3 is 5.32 Å². The number of fused-ring (bicyclic) bond motifs is 1. The van der Waals surface area contributed by atoms with Gasteiger partial charge in [-0.3, -0.25) is 19.1 Å². The number of hydrogen-bond donors (Lipinski definition) is 1. The summed E-state index contributed by atoms with van der Waals surface area (Å²) in [7, 11) is 0. The third kappa shape index (κ3) is 4.04. The lowest BCUT2D eigenvalue weighted by Gasteiger charge is -2.20. The van der Waals surface area contributed by atoms with Crippen LogP contribution in [0.25, 0.3) is 16.6 Å². The van der Waals surface area contributed by atoms with Crippen LogP contribution in [0.5, 0.6) is 0 Å². The van der Waals surface area contributed by atoms with Gasteiger partial charge in [0.25, 0.3) is 5.56 Å². The molecule has 7 nitrogen and oxygen atoms in total. The normalized spacial score (nSPS) is 12.0. The topological polar surface area (TPSA) is 86.0 Å². The summed E-state index contributed by atoms with van der Waals surface area (Å²) in [5.41, 5.74) is -0.258. The lowest BCUT2D eigenvalue weighted by atomic mass is 10.2. The van der Waals surface area contributed by atoms with Crippen molar-refractivity contribution in [2.24, 2.45) is 0 Å². The SMILES string of the molecule is C[C@H](C(=O)NCc1ccccn1)n1c(=O)n(-c2ccc(F)cc2)c(=O)c2ccc(Cl)cc21. The number of carbonyl (C=O) groups is 1. The number of hydrogen-bond acceptors (Lipinski definition) is 4. The Hall–Kier alpha value is -3.78. The molecule has 0 unspecified atom stereocenters. The van der Waals surface area contributed by atoms with E-state index in [0.717, 1.165) is 16.7 Å². The van der Waals surface area contributed by atoms with Crippen LogP contribution < -0.4 is 16.6 Å². The first kappa shape index (κ1) is 21.5. The Labute approximate surface area is 186 Å². The number of amides is 1. The second kappa shape index (κ2) is 8.76. The molecule has 4 rings (SSSR count). The molecule has 0 spiro atoms. The standard InChI is InChI=1S/C23H18ClFN4O3/c1-14(21(30)27-13-17-4-2-3-11-26-17)28-20-12-15(24)5-10-19(20)22(31)29(23(28)32)18-8-6-16(25)7-9-18/h2-12,14H,13H2,1H3,(H,27,30)/t14-/m1/s1. The number of benzene rings is 2. The minimum absolute atomic E-state index is 0.176. The summed E-state index contributed by atoms with van der Waals surface area (Å²) in [6.07, 6.45) is 1.61. The summed E-state index contributed by atoms with van der Waals surface area (Å²) < 4.78 is 15.5. The summed E-state index contributed by atoms with van der Waals surface area (Å²) in [6, 6.07) is 13.8. The molecule has 0 bridgehead atoms. The first-order valence-corrected chi connectivity index (χ1v) is 10.1. The quantitative estimate of drug-likeness (QED) is 0.504. The smallest absolute Gasteiger partial charge is 0.336 e. The van der Waals surface area contributed by atoms with Gasteiger partial charge in [-0.1, -0.05) is 17.7 Å². The molecule has 0 radical (unpaired) electrons. The fourth-order valence-electron chi connectivity index (χ4n) is 3.44.